The Morgan fingerprint density at radius 2 is 1.85 bits per heavy atom. The number of aryl methyl sites for hydroxylation is 1. The number of carbonyl (C=O) groups is 1. The van der Waals surface area contributed by atoms with Crippen LogP contribution in [0.5, 0.6) is 11.5 Å². The van der Waals surface area contributed by atoms with Gasteiger partial charge < -0.3 is 15.8 Å². The molecule has 0 atom stereocenters. The molecule has 0 unspecified atom stereocenters. The van der Waals surface area contributed by atoms with Gasteiger partial charge >= 0.3 is 0 Å². The van der Waals surface area contributed by atoms with Crippen LogP contribution in [0.25, 0.3) is 0 Å². The number of pyridine rings is 1. The molecule has 0 radical (unpaired) electrons. The van der Waals surface area contributed by atoms with E-state index in [4.69, 9.17) is 10.5 Å². The largest absolute Gasteiger partial charge is 0.457 e. The number of benzene rings is 2. The smallest absolute Gasteiger partial charge is 0.255 e. The molecule has 0 aliphatic heterocycles. The Morgan fingerprint density at radius 1 is 1.12 bits per heavy atom. The van der Waals surface area contributed by atoms with E-state index in [1.54, 1.807) is 12.1 Å². The van der Waals surface area contributed by atoms with Crippen molar-refractivity contribution in [3.05, 3.63) is 82.0 Å². The van der Waals surface area contributed by atoms with Crippen molar-refractivity contribution < 1.29 is 9.53 Å². The van der Waals surface area contributed by atoms with Crippen LogP contribution in [0.15, 0.2) is 65.1 Å². The summed E-state index contributed by atoms with van der Waals surface area (Å²) in [6.45, 7) is 2.19. The molecule has 3 N–H and O–H groups in total. The Morgan fingerprint density at radius 3 is 2.58 bits per heavy atom. The normalized spacial score (nSPS) is 10.4. The fourth-order valence-electron chi connectivity index (χ4n) is 2.43. The zero-order chi connectivity index (χ0) is 18.5. The zero-order valence-electron chi connectivity index (χ0n) is 14.2. The van der Waals surface area contributed by atoms with Crippen molar-refractivity contribution in [2.45, 2.75) is 13.5 Å². The predicted molar refractivity (Wildman–Crippen MR) is 105 cm³/mol. The maximum Gasteiger partial charge on any atom is 0.255 e. The average Bonchev–Trinajstić information content (AvgIpc) is 2.60. The van der Waals surface area contributed by atoms with Gasteiger partial charge in [0, 0.05) is 16.7 Å². The van der Waals surface area contributed by atoms with E-state index in [0.29, 0.717) is 17.9 Å². The third-order valence-corrected chi connectivity index (χ3v) is 4.19. The molecule has 1 heterocycles. The number of nitrogens with two attached hydrogens (primary N) is 1. The Balaban J connectivity index is 1.66. The second-order valence-corrected chi connectivity index (χ2v) is 6.69. The highest BCUT2D eigenvalue weighted by atomic mass is 79.9. The zero-order valence-corrected chi connectivity index (χ0v) is 15.8. The van der Waals surface area contributed by atoms with Gasteiger partial charge in [-0.1, -0.05) is 34.1 Å². The Labute approximate surface area is 160 Å². The number of halogens is 1. The lowest BCUT2D eigenvalue weighted by molar-refractivity contribution is 0.0951. The van der Waals surface area contributed by atoms with Crippen LogP contribution < -0.4 is 15.8 Å². The first-order chi connectivity index (χ1) is 12.5. The molecular formula is C20H18BrN3O2. The average molecular weight is 412 g/mol. The van der Waals surface area contributed by atoms with Crippen molar-refractivity contribution in [1.82, 2.24) is 10.3 Å². The molecule has 132 valence electrons. The van der Waals surface area contributed by atoms with Crippen LogP contribution in [0.1, 0.15) is 21.6 Å². The molecule has 26 heavy (non-hydrogen) atoms. The molecule has 0 bridgehead atoms. The molecule has 1 aromatic heterocycles. The van der Waals surface area contributed by atoms with Gasteiger partial charge in [0.05, 0.1) is 5.56 Å². The predicted octanol–water partition coefficient (Wildman–Crippen LogP) is 4.46. The van der Waals surface area contributed by atoms with Gasteiger partial charge in [-0.2, -0.15) is 0 Å². The first-order valence-corrected chi connectivity index (χ1v) is 8.84. The van der Waals surface area contributed by atoms with Crippen molar-refractivity contribution in [2.24, 2.45) is 0 Å². The van der Waals surface area contributed by atoms with Crippen LogP contribution in [-0.4, -0.2) is 10.9 Å². The Hall–Kier alpha value is -2.86. The van der Waals surface area contributed by atoms with Gasteiger partial charge in [-0.25, -0.2) is 4.98 Å². The summed E-state index contributed by atoms with van der Waals surface area (Å²) in [4.78, 5) is 16.4. The second kappa shape index (κ2) is 8.01. The number of aromatic nitrogens is 1. The summed E-state index contributed by atoms with van der Waals surface area (Å²) >= 11 is 3.42. The minimum Gasteiger partial charge on any atom is -0.457 e. The molecule has 6 heteroatoms. The Bertz CT molecular complexity index is 944. The summed E-state index contributed by atoms with van der Waals surface area (Å²) < 4.78 is 6.80. The van der Waals surface area contributed by atoms with Crippen molar-refractivity contribution in [3.63, 3.8) is 0 Å². The molecule has 0 aliphatic carbocycles. The van der Waals surface area contributed by atoms with Gasteiger partial charge in [-0.3, -0.25) is 4.79 Å². The fraction of sp³-hybridized carbons (Fsp3) is 0.100. The number of amides is 1. The van der Waals surface area contributed by atoms with E-state index in [1.165, 1.54) is 0 Å². The summed E-state index contributed by atoms with van der Waals surface area (Å²) in [5.74, 6) is 1.41. The number of hydrogen-bond donors (Lipinski definition) is 2. The van der Waals surface area contributed by atoms with Gasteiger partial charge in [0.15, 0.2) is 0 Å². The van der Waals surface area contributed by atoms with E-state index in [9.17, 15) is 4.79 Å². The maximum absolute atomic E-state index is 12.3. The molecule has 0 spiro atoms. The first kappa shape index (κ1) is 17.9. The van der Waals surface area contributed by atoms with Gasteiger partial charge in [-0.15, -0.1) is 0 Å². The number of ether oxygens (including phenoxy) is 1. The Kier molecular flexibility index (Phi) is 5.53. The van der Waals surface area contributed by atoms with Crippen LogP contribution in [0, 0.1) is 6.92 Å². The summed E-state index contributed by atoms with van der Waals surface area (Å²) in [6.07, 6.45) is 0. The molecule has 0 fully saturated rings. The van der Waals surface area contributed by atoms with Crippen molar-refractivity contribution in [2.75, 3.05) is 5.73 Å². The minimum absolute atomic E-state index is 0.231. The van der Waals surface area contributed by atoms with Crippen LogP contribution in [-0.2, 0) is 6.54 Å². The summed E-state index contributed by atoms with van der Waals surface area (Å²) in [5, 5.41) is 2.85. The van der Waals surface area contributed by atoms with Crippen molar-refractivity contribution in [3.8, 4) is 11.5 Å². The van der Waals surface area contributed by atoms with E-state index in [-0.39, 0.29) is 11.7 Å². The lowest BCUT2D eigenvalue weighted by atomic mass is 10.2. The topological polar surface area (TPSA) is 77.2 Å². The summed E-state index contributed by atoms with van der Waals surface area (Å²) in [7, 11) is 0. The number of nitrogens with one attached hydrogen (secondary N) is 1. The van der Waals surface area contributed by atoms with E-state index in [2.05, 4.69) is 26.2 Å². The second-order valence-electron chi connectivity index (χ2n) is 5.77. The molecule has 5 nitrogen and oxygen atoms in total. The number of nitrogen functional groups attached to an aromatic ring is 1. The first-order valence-electron chi connectivity index (χ1n) is 8.05. The standard InChI is InChI=1S/C20H18BrN3O2/c1-13-8-9-18(19(22)24-13)20(25)23-12-14-4-2-6-16(10-14)26-17-7-3-5-15(21)11-17/h2-11H,12H2,1H3,(H2,22,24)(H,23,25). The van der Waals surface area contributed by atoms with E-state index < -0.39 is 0 Å². The molecule has 2 aromatic carbocycles. The summed E-state index contributed by atoms with van der Waals surface area (Å²) in [5.41, 5.74) is 7.89. The lowest BCUT2D eigenvalue weighted by Crippen LogP contribution is -2.24. The van der Waals surface area contributed by atoms with Gasteiger partial charge in [0.2, 0.25) is 0 Å². The van der Waals surface area contributed by atoms with Gasteiger partial charge in [-0.05, 0) is 55.0 Å². The number of nitrogens with zero attached hydrogens (tertiary/aromatic N) is 1. The van der Waals surface area contributed by atoms with Crippen LogP contribution in [0.2, 0.25) is 0 Å². The fourth-order valence-corrected chi connectivity index (χ4v) is 2.81. The monoisotopic (exact) mass is 411 g/mol. The minimum atomic E-state index is -0.256. The number of rotatable bonds is 5. The van der Waals surface area contributed by atoms with Crippen molar-refractivity contribution in [1.29, 1.82) is 0 Å². The van der Waals surface area contributed by atoms with E-state index in [0.717, 1.165) is 21.5 Å². The molecule has 3 rings (SSSR count). The van der Waals surface area contributed by atoms with Crippen LogP contribution >= 0.6 is 15.9 Å². The van der Waals surface area contributed by atoms with Crippen LogP contribution in [0.3, 0.4) is 0 Å². The molecule has 1 amide bonds. The molecular weight excluding hydrogens is 394 g/mol. The highest BCUT2D eigenvalue weighted by molar-refractivity contribution is 9.10. The van der Waals surface area contributed by atoms with Gasteiger partial charge in [0.25, 0.3) is 5.91 Å². The van der Waals surface area contributed by atoms with E-state index in [1.807, 2.05) is 55.5 Å². The quantitative estimate of drug-likeness (QED) is 0.649. The van der Waals surface area contributed by atoms with Crippen LogP contribution in [0.4, 0.5) is 5.82 Å². The van der Waals surface area contributed by atoms with E-state index >= 15 is 0 Å². The SMILES string of the molecule is Cc1ccc(C(=O)NCc2cccc(Oc3cccc(Br)c3)c2)c(N)n1. The highest BCUT2D eigenvalue weighted by Crippen LogP contribution is 2.25. The number of carbonyl (C=O) groups excluding carboxylic acids is 1. The van der Waals surface area contributed by atoms with Crippen molar-refractivity contribution >= 4 is 27.7 Å². The maximum atomic E-state index is 12.3. The highest BCUT2D eigenvalue weighted by Gasteiger charge is 2.10. The lowest BCUT2D eigenvalue weighted by Gasteiger charge is -2.10. The molecule has 3 aromatic rings. The molecule has 0 saturated carbocycles. The van der Waals surface area contributed by atoms with Gasteiger partial charge in [0.1, 0.15) is 17.3 Å². The third kappa shape index (κ3) is 4.61. The third-order valence-electron chi connectivity index (χ3n) is 3.69. The number of hydrogen-bond acceptors (Lipinski definition) is 4. The molecule has 0 aliphatic rings. The summed E-state index contributed by atoms with van der Waals surface area (Å²) in [6, 6.07) is 18.6. The molecule has 0 saturated heterocycles. The number of anilines is 1.